The van der Waals surface area contributed by atoms with Crippen molar-refractivity contribution in [1.29, 1.82) is 0 Å². The molecular weight excluding hydrogens is 378 g/mol. The van der Waals surface area contributed by atoms with Crippen LogP contribution in [0.1, 0.15) is 50.0 Å². The van der Waals surface area contributed by atoms with Crippen LogP contribution in [0.4, 0.5) is 0 Å². The summed E-state index contributed by atoms with van der Waals surface area (Å²) in [5.74, 6) is 1.64. The van der Waals surface area contributed by atoms with Crippen LogP contribution in [0.15, 0.2) is 6.07 Å². The molecule has 4 heterocycles. The maximum atomic E-state index is 4.83. The first-order valence-electron chi connectivity index (χ1n) is 9.06. The molecule has 0 aliphatic carbocycles. The minimum absolute atomic E-state index is 0.356. The molecule has 0 saturated heterocycles. The summed E-state index contributed by atoms with van der Waals surface area (Å²) in [6.07, 6.45) is 0.940. The normalized spacial score (nSPS) is 12.1. The second kappa shape index (κ2) is 6.79. The van der Waals surface area contributed by atoms with Gasteiger partial charge in [-0.1, -0.05) is 39.0 Å². The minimum Gasteiger partial charge on any atom is -0.264 e. The predicted molar refractivity (Wildman–Crippen MR) is 109 cm³/mol. The molecule has 0 N–H and O–H groups in total. The Kier molecular flexibility index (Phi) is 4.59. The van der Waals surface area contributed by atoms with Crippen LogP contribution < -0.4 is 0 Å². The summed E-state index contributed by atoms with van der Waals surface area (Å²) in [5, 5.41) is 20.2. The van der Waals surface area contributed by atoms with Crippen LogP contribution >= 0.6 is 22.7 Å². The Hall–Kier alpha value is -2.13. The van der Waals surface area contributed by atoms with E-state index >= 15 is 0 Å². The van der Waals surface area contributed by atoms with E-state index in [1.54, 1.807) is 22.7 Å². The van der Waals surface area contributed by atoms with Gasteiger partial charge in [0.25, 0.3) is 0 Å². The summed E-state index contributed by atoms with van der Waals surface area (Å²) in [7, 11) is 1.94. The molecule has 4 rings (SSSR count). The van der Waals surface area contributed by atoms with Crippen molar-refractivity contribution in [1.82, 2.24) is 34.6 Å². The van der Waals surface area contributed by atoms with Gasteiger partial charge in [-0.3, -0.25) is 4.68 Å². The Labute approximate surface area is 166 Å². The van der Waals surface area contributed by atoms with E-state index in [0.29, 0.717) is 11.8 Å². The largest absolute Gasteiger partial charge is 0.264 e. The molecule has 4 aromatic rings. The highest BCUT2D eigenvalue weighted by atomic mass is 32.1. The monoisotopic (exact) mass is 401 g/mol. The molecule has 0 aromatic carbocycles. The van der Waals surface area contributed by atoms with Gasteiger partial charge in [0.15, 0.2) is 5.01 Å². The van der Waals surface area contributed by atoms with Crippen LogP contribution in [0, 0.1) is 12.8 Å². The zero-order valence-electron chi connectivity index (χ0n) is 16.4. The van der Waals surface area contributed by atoms with Gasteiger partial charge >= 0.3 is 0 Å². The SMILES string of the molecule is Cc1nc(C(C)C)c(-c2nn3c(-c4cc(CC(C)C)nn4C)nnc3s2)s1. The Morgan fingerprint density at radius 1 is 1.07 bits per heavy atom. The second-order valence-corrected chi connectivity index (χ2v) is 9.63. The molecule has 0 aliphatic rings. The first kappa shape index (κ1) is 18.2. The van der Waals surface area contributed by atoms with Crippen LogP contribution in [0.25, 0.3) is 26.4 Å². The maximum Gasteiger partial charge on any atom is 0.235 e. The summed E-state index contributed by atoms with van der Waals surface area (Å²) >= 11 is 3.24. The highest BCUT2D eigenvalue weighted by molar-refractivity contribution is 7.24. The first-order chi connectivity index (χ1) is 12.8. The van der Waals surface area contributed by atoms with E-state index in [4.69, 9.17) is 10.1 Å². The number of rotatable bonds is 5. The minimum atomic E-state index is 0.356. The van der Waals surface area contributed by atoms with Crippen LogP contribution in [0.2, 0.25) is 0 Å². The molecule has 0 bridgehead atoms. The predicted octanol–water partition coefficient (Wildman–Crippen LogP) is 4.34. The first-order valence-corrected chi connectivity index (χ1v) is 10.7. The molecule has 142 valence electrons. The molecule has 9 heteroatoms. The van der Waals surface area contributed by atoms with E-state index in [1.165, 1.54) is 0 Å². The molecule has 0 radical (unpaired) electrons. The van der Waals surface area contributed by atoms with Crippen molar-refractivity contribution < 1.29 is 0 Å². The molecular formula is C18H23N7S2. The number of hydrogen-bond donors (Lipinski definition) is 0. The van der Waals surface area contributed by atoms with Crippen LogP contribution in [-0.4, -0.2) is 34.6 Å². The number of hydrogen-bond acceptors (Lipinski definition) is 7. The molecule has 4 aromatic heterocycles. The van der Waals surface area contributed by atoms with E-state index in [0.717, 1.165) is 49.2 Å². The molecule has 0 atom stereocenters. The van der Waals surface area contributed by atoms with Gasteiger partial charge in [-0.15, -0.1) is 21.5 Å². The summed E-state index contributed by atoms with van der Waals surface area (Å²) in [5.41, 5.74) is 3.10. The molecule has 7 nitrogen and oxygen atoms in total. The summed E-state index contributed by atoms with van der Waals surface area (Å²) < 4.78 is 3.69. The van der Waals surface area contributed by atoms with Gasteiger partial charge in [-0.25, -0.2) is 4.98 Å². The average molecular weight is 402 g/mol. The molecule has 0 saturated carbocycles. The van der Waals surface area contributed by atoms with Gasteiger partial charge in [-0.2, -0.15) is 14.7 Å². The Morgan fingerprint density at radius 3 is 2.56 bits per heavy atom. The highest BCUT2D eigenvalue weighted by Crippen LogP contribution is 2.37. The lowest BCUT2D eigenvalue weighted by atomic mass is 10.1. The summed E-state index contributed by atoms with van der Waals surface area (Å²) in [4.78, 5) is 6.61. The topological polar surface area (TPSA) is 73.8 Å². The third-order valence-corrected chi connectivity index (χ3v) is 6.31. The molecule has 0 amide bonds. The van der Waals surface area contributed by atoms with Gasteiger partial charge in [0, 0.05) is 7.05 Å². The van der Waals surface area contributed by atoms with E-state index < -0.39 is 0 Å². The van der Waals surface area contributed by atoms with Crippen LogP contribution in [0.3, 0.4) is 0 Å². The number of nitrogens with zero attached hydrogens (tertiary/aromatic N) is 7. The molecule has 0 spiro atoms. The van der Waals surface area contributed by atoms with Crippen LogP contribution in [0.5, 0.6) is 0 Å². The molecule has 0 aliphatic heterocycles. The molecule has 27 heavy (non-hydrogen) atoms. The molecule has 0 unspecified atom stereocenters. The quantitative estimate of drug-likeness (QED) is 0.497. The third-order valence-electron chi connectivity index (χ3n) is 4.27. The number of thiazole rings is 1. The smallest absolute Gasteiger partial charge is 0.235 e. The van der Waals surface area contributed by atoms with Crippen molar-refractivity contribution in [2.45, 2.75) is 47.0 Å². The second-order valence-electron chi connectivity index (χ2n) is 7.47. The Balaban J connectivity index is 1.79. The summed E-state index contributed by atoms with van der Waals surface area (Å²) in [6.45, 7) is 10.8. The zero-order chi connectivity index (χ0) is 19.3. The fraction of sp³-hybridized carbons (Fsp3) is 0.500. The van der Waals surface area contributed by atoms with Crippen LogP contribution in [-0.2, 0) is 13.5 Å². The van der Waals surface area contributed by atoms with Crippen molar-refractivity contribution in [3.05, 3.63) is 22.5 Å². The lowest BCUT2D eigenvalue weighted by Crippen LogP contribution is -1.99. The zero-order valence-corrected chi connectivity index (χ0v) is 18.0. The van der Waals surface area contributed by atoms with E-state index in [9.17, 15) is 0 Å². The van der Waals surface area contributed by atoms with Crippen molar-refractivity contribution in [3.8, 4) is 21.4 Å². The number of fused-ring (bicyclic) bond motifs is 1. The number of aromatic nitrogens is 7. The lowest BCUT2D eigenvalue weighted by Gasteiger charge is -2.01. The lowest BCUT2D eigenvalue weighted by molar-refractivity contribution is 0.621. The third kappa shape index (κ3) is 3.29. The Bertz CT molecular complexity index is 1100. The Morgan fingerprint density at radius 2 is 1.85 bits per heavy atom. The van der Waals surface area contributed by atoms with Gasteiger partial charge in [0.05, 0.1) is 21.3 Å². The van der Waals surface area contributed by atoms with Crippen molar-refractivity contribution in [2.24, 2.45) is 13.0 Å². The van der Waals surface area contributed by atoms with Crippen molar-refractivity contribution in [3.63, 3.8) is 0 Å². The van der Waals surface area contributed by atoms with Crippen molar-refractivity contribution >= 4 is 27.6 Å². The van der Waals surface area contributed by atoms with Gasteiger partial charge in [0.1, 0.15) is 5.69 Å². The van der Waals surface area contributed by atoms with E-state index in [1.807, 2.05) is 23.2 Å². The molecule has 0 fully saturated rings. The summed E-state index contributed by atoms with van der Waals surface area (Å²) in [6, 6.07) is 2.09. The van der Waals surface area contributed by atoms with Gasteiger partial charge in [0.2, 0.25) is 10.8 Å². The highest BCUT2D eigenvalue weighted by Gasteiger charge is 2.22. The standard InChI is InChI=1S/C18H23N7S2/c1-9(2)7-12-8-13(24(6)22-12)16-20-21-18-25(16)23-17(27-18)15-14(10(3)4)19-11(5)26-15/h8-10H,7H2,1-6H3. The fourth-order valence-corrected chi connectivity index (χ4v) is 5.10. The van der Waals surface area contributed by atoms with Crippen molar-refractivity contribution in [2.75, 3.05) is 0 Å². The fourth-order valence-electron chi connectivity index (χ4n) is 3.11. The number of aryl methyl sites for hydroxylation is 2. The van der Waals surface area contributed by atoms with Gasteiger partial charge < -0.3 is 0 Å². The van der Waals surface area contributed by atoms with E-state index in [-0.39, 0.29) is 0 Å². The maximum absolute atomic E-state index is 4.83. The van der Waals surface area contributed by atoms with Gasteiger partial charge in [-0.05, 0) is 31.2 Å². The van der Waals surface area contributed by atoms with E-state index in [2.05, 4.69) is 49.1 Å². The average Bonchev–Trinajstić information content (AvgIpc) is 3.29.